The van der Waals surface area contributed by atoms with Crippen LogP contribution in [0.15, 0.2) is 54.7 Å². The van der Waals surface area contributed by atoms with Crippen LogP contribution >= 0.6 is 12.2 Å². The van der Waals surface area contributed by atoms with Gasteiger partial charge in [-0.05, 0) is 86.9 Å². The molecule has 0 spiro atoms. The Bertz CT molecular complexity index is 1200. The Balaban J connectivity index is 1.57. The van der Waals surface area contributed by atoms with E-state index in [9.17, 15) is 9.90 Å². The number of thiocarbonyl (C=S) groups is 1. The van der Waals surface area contributed by atoms with Gasteiger partial charge in [0.15, 0.2) is 5.11 Å². The van der Waals surface area contributed by atoms with Crippen LogP contribution < -0.4 is 5.32 Å². The van der Waals surface area contributed by atoms with E-state index in [0.29, 0.717) is 5.11 Å². The number of carboxylic acids is 1. The first kappa shape index (κ1) is 22.6. The van der Waals surface area contributed by atoms with Gasteiger partial charge < -0.3 is 24.6 Å². The fourth-order valence-corrected chi connectivity index (χ4v) is 5.50. The number of aromatic carboxylic acids is 1. The second-order valence-electron chi connectivity index (χ2n) is 8.93. The number of aromatic nitrogens is 2. The van der Waals surface area contributed by atoms with Crippen molar-refractivity contribution < 1.29 is 14.6 Å². The molecule has 34 heavy (non-hydrogen) atoms. The Morgan fingerprint density at radius 1 is 1.24 bits per heavy atom. The highest BCUT2D eigenvalue weighted by molar-refractivity contribution is 7.80. The molecule has 8 heteroatoms. The Hall–Kier alpha value is -3.23. The number of carboxylic acid groups (broad SMARTS) is 1. The Morgan fingerprint density at radius 3 is 2.68 bits per heavy atom. The molecule has 4 heterocycles. The zero-order valence-electron chi connectivity index (χ0n) is 19.3. The molecule has 7 nitrogen and oxygen atoms in total. The lowest BCUT2D eigenvalue weighted by Crippen LogP contribution is -2.36. The summed E-state index contributed by atoms with van der Waals surface area (Å²) in [6.45, 7) is 5.71. The molecule has 2 aromatic heterocycles. The number of pyridine rings is 1. The fraction of sp³-hybridized carbons (Fsp3) is 0.346. The summed E-state index contributed by atoms with van der Waals surface area (Å²) in [6, 6.07) is 15.0. The Kier molecular flexibility index (Phi) is 6.10. The van der Waals surface area contributed by atoms with Gasteiger partial charge in [-0.25, -0.2) is 4.79 Å². The minimum Gasteiger partial charge on any atom is -0.478 e. The number of rotatable bonds is 6. The SMILES string of the molecule is Cc1cc(C2C(c3ccccn3)NC(=S)N2CC2CCCO2)c(C)n1-c1ccc(C(=O)O)cc1. The third kappa shape index (κ3) is 4.08. The lowest BCUT2D eigenvalue weighted by Gasteiger charge is -2.30. The molecule has 2 aliphatic heterocycles. The number of ether oxygens (including phenoxy) is 1. The van der Waals surface area contributed by atoms with Crippen molar-refractivity contribution in [2.75, 3.05) is 13.2 Å². The van der Waals surface area contributed by atoms with Crippen molar-refractivity contribution in [3.05, 3.63) is 82.9 Å². The second kappa shape index (κ2) is 9.19. The van der Waals surface area contributed by atoms with E-state index >= 15 is 0 Å². The molecular formula is C26H28N4O3S. The van der Waals surface area contributed by atoms with Gasteiger partial charge >= 0.3 is 5.97 Å². The van der Waals surface area contributed by atoms with E-state index in [4.69, 9.17) is 17.0 Å². The maximum Gasteiger partial charge on any atom is 0.335 e. The summed E-state index contributed by atoms with van der Waals surface area (Å²) in [5, 5.41) is 13.5. The van der Waals surface area contributed by atoms with Crippen molar-refractivity contribution in [3.8, 4) is 5.69 Å². The second-order valence-corrected chi connectivity index (χ2v) is 9.31. The summed E-state index contributed by atoms with van der Waals surface area (Å²) in [5.41, 5.74) is 5.48. The van der Waals surface area contributed by atoms with Crippen molar-refractivity contribution in [1.82, 2.24) is 19.8 Å². The van der Waals surface area contributed by atoms with E-state index in [0.717, 1.165) is 48.8 Å². The number of aryl methyl sites for hydroxylation is 1. The summed E-state index contributed by atoms with van der Waals surface area (Å²) >= 11 is 5.81. The Morgan fingerprint density at radius 2 is 2.03 bits per heavy atom. The summed E-state index contributed by atoms with van der Waals surface area (Å²) in [4.78, 5) is 18.2. The molecule has 1 aromatic carbocycles. The van der Waals surface area contributed by atoms with Gasteiger partial charge in [-0.3, -0.25) is 4.98 Å². The average molecular weight is 477 g/mol. The molecule has 3 aromatic rings. The molecule has 5 rings (SSSR count). The van der Waals surface area contributed by atoms with Gasteiger partial charge in [0, 0.05) is 36.4 Å². The van der Waals surface area contributed by atoms with E-state index in [1.54, 1.807) is 12.1 Å². The molecule has 0 amide bonds. The quantitative estimate of drug-likeness (QED) is 0.513. The van der Waals surface area contributed by atoms with Gasteiger partial charge in [0.2, 0.25) is 0 Å². The van der Waals surface area contributed by atoms with Crippen LogP contribution in [0.4, 0.5) is 0 Å². The normalized spacial score (nSPS) is 22.2. The number of hydrogen-bond acceptors (Lipinski definition) is 4. The van der Waals surface area contributed by atoms with Crippen LogP contribution in [0.2, 0.25) is 0 Å². The van der Waals surface area contributed by atoms with Crippen molar-refractivity contribution in [1.29, 1.82) is 0 Å². The molecule has 176 valence electrons. The molecule has 0 saturated carbocycles. The highest BCUT2D eigenvalue weighted by Crippen LogP contribution is 2.42. The van der Waals surface area contributed by atoms with Crippen molar-refractivity contribution in [3.63, 3.8) is 0 Å². The maximum absolute atomic E-state index is 11.3. The van der Waals surface area contributed by atoms with Gasteiger partial charge in [-0.2, -0.15) is 0 Å². The van der Waals surface area contributed by atoms with Gasteiger partial charge in [-0.1, -0.05) is 6.07 Å². The van der Waals surface area contributed by atoms with Crippen molar-refractivity contribution in [2.45, 2.75) is 44.9 Å². The lowest BCUT2D eigenvalue weighted by atomic mass is 9.96. The van der Waals surface area contributed by atoms with E-state index in [-0.39, 0.29) is 23.8 Å². The molecule has 0 bridgehead atoms. The molecule has 2 N–H and O–H groups in total. The smallest absolute Gasteiger partial charge is 0.335 e. The summed E-state index contributed by atoms with van der Waals surface area (Å²) < 4.78 is 8.12. The Labute approximate surface area is 204 Å². The molecule has 0 radical (unpaired) electrons. The largest absolute Gasteiger partial charge is 0.478 e. The highest BCUT2D eigenvalue weighted by Gasteiger charge is 2.42. The first-order valence-corrected chi connectivity index (χ1v) is 12.0. The third-order valence-electron chi connectivity index (χ3n) is 6.78. The highest BCUT2D eigenvalue weighted by atomic mass is 32.1. The number of hydrogen-bond donors (Lipinski definition) is 2. The average Bonchev–Trinajstić information content (AvgIpc) is 3.54. The van der Waals surface area contributed by atoms with Crippen molar-refractivity contribution >= 4 is 23.3 Å². The molecule has 0 aliphatic carbocycles. The van der Waals surface area contributed by atoms with Gasteiger partial charge in [-0.15, -0.1) is 0 Å². The number of benzene rings is 1. The summed E-state index contributed by atoms with van der Waals surface area (Å²) in [6.07, 6.45) is 4.09. The number of nitrogens with zero attached hydrogens (tertiary/aromatic N) is 3. The van der Waals surface area contributed by atoms with E-state index in [2.05, 4.69) is 39.7 Å². The van der Waals surface area contributed by atoms with Gasteiger partial charge in [0.1, 0.15) is 0 Å². The fourth-order valence-electron chi connectivity index (χ4n) is 5.19. The predicted molar refractivity (Wildman–Crippen MR) is 133 cm³/mol. The lowest BCUT2D eigenvalue weighted by molar-refractivity contribution is 0.0697. The molecule has 3 unspecified atom stereocenters. The van der Waals surface area contributed by atoms with Crippen LogP contribution in [0.25, 0.3) is 5.69 Å². The first-order chi connectivity index (χ1) is 16.4. The minimum atomic E-state index is -0.929. The topological polar surface area (TPSA) is 79.6 Å². The van der Waals surface area contributed by atoms with Gasteiger partial charge in [0.05, 0.1) is 29.4 Å². The summed E-state index contributed by atoms with van der Waals surface area (Å²) in [7, 11) is 0. The van der Waals surface area contributed by atoms with Crippen LogP contribution in [-0.4, -0.2) is 49.9 Å². The zero-order valence-corrected chi connectivity index (χ0v) is 20.1. The van der Waals surface area contributed by atoms with Crippen LogP contribution in [-0.2, 0) is 4.74 Å². The number of carbonyl (C=O) groups is 1. The van der Waals surface area contributed by atoms with E-state index in [1.165, 1.54) is 5.56 Å². The van der Waals surface area contributed by atoms with Gasteiger partial charge in [0.25, 0.3) is 0 Å². The van der Waals surface area contributed by atoms with Crippen LogP contribution in [0.1, 0.15) is 57.9 Å². The standard InChI is InChI=1S/C26H28N4O3S/c1-16-14-21(17(2)30(16)19-10-8-18(9-11-19)25(31)32)24-23(22-7-3-4-12-27-22)28-26(34)29(24)15-20-6-5-13-33-20/h3-4,7-12,14,20,23-24H,5-6,13,15H2,1-2H3,(H,28,34)(H,31,32). The molecule has 2 fully saturated rings. The van der Waals surface area contributed by atoms with E-state index < -0.39 is 5.97 Å². The first-order valence-electron chi connectivity index (χ1n) is 11.6. The van der Waals surface area contributed by atoms with E-state index in [1.807, 2.05) is 36.5 Å². The predicted octanol–water partition coefficient (Wildman–Crippen LogP) is 4.34. The molecule has 3 atom stereocenters. The summed E-state index contributed by atoms with van der Waals surface area (Å²) in [5.74, 6) is -0.929. The molecule has 2 saturated heterocycles. The zero-order chi connectivity index (χ0) is 23.8. The van der Waals surface area contributed by atoms with Crippen LogP contribution in [0, 0.1) is 13.8 Å². The molecular weight excluding hydrogens is 448 g/mol. The molecule has 2 aliphatic rings. The van der Waals surface area contributed by atoms with Crippen LogP contribution in [0.5, 0.6) is 0 Å². The van der Waals surface area contributed by atoms with Crippen molar-refractivity contribution in [2.24, 2.45) is 0 Å². The minimum absolute atomic E-state index is 0.0372. The number of nitrogens with one attached hydrogen (secondary N) is 1. The maximum atomic E-state index is 11.3. The third-order valence-corrected chi connectivity index (χ3v) is 7.14. The monoisotopic (exact) mass is 476 g/mol. The van der Waals surface area contributed by atoms with Crippen LogP contribution in [0.3, 0.4) is 0 Å².